The number of benzene rings is 1. The van der Waals surface area contributed by atoms with Crippen LogP contribution < -0.4 is 4.72 Å². The third kappa shape index (κ3) is 3.56. The lowest BCUT2D eigenvalue weighted by molar-refractivity contribution is 0.0793. The Morgan fingerprint density at radius 2 is 1.83 bits per heavy atom. The molecule has 23 heavy (non-hydrogen) atoms. The fourth-order valence-electron chi connectivity index (χ4n) is 2.50. The van der Waals surface area contributed by atoms with E-state index in [1.807, 2.05) is 19.1 Å². The Morgan fingerprint density at radius 1 is 1.17 bits per heavy atom. The number of nitrogens with zero attached hydrogens (tertiary/aromatic N) is 1. The average molecular weight is 350 g/mol. The maximum absolute atomic E-state index is 12.4. The van der Waals surface area contributed by atoms with Gasteiger partial charge < -0.3 is 4.90 Å². The summed E-state index contributed by atoms with van der Waals surface area (Å²) in [6, 6.07) is 8.58. The average Bonchev–Trinajstić information content (AvgIpc) is 3.20. The summed E-state index contributed by atoms with van der Waals surface area (Å²) in [7, 11) is -3.66. The first-order chi connectivity index (χ1) is 11.0. The van der Waals surface area contributed by atoms with Gasteiger partial charge >= 0.3 is 0 Å². The SMILES string of the molecule is Cc1ccc(NS(=O)(=O)c2cc(C(=O)N3CCCC3)cs2)cc1. The molecule has 7 heteroatoms. The van der Waals surface area contributed by atoms with Crippen LogP contribution >= 0.6 is 11.3 Å². The Morgan fingerprint density at radius 3 is 2.48 bits per heavy atom. The second-order valence-electron chi connectivity index (χ2n) is 5.63. The van der Waals surface area contributed by atoms with Gasteiger partial charge in [0.05, 0.1) is 5.56 Å². The van der Waals surface area contributed by atoms with E-state index in [0.29, 0.717) is 11.3 Å². The Bertz CT molecular complexity index is 804. The Balaban J connectivity index is 1.78. The molecular formula is C16H18N2O3S2. The number of carbonyl (C=O) groups is 1. The molecule has 5 nitrogen and oxygen atoms in total. The molecule has 1 aromatic heterocycles. The Hall–Kier alpha value is -1.86. The lowest BCUT2D eigenvalue weighted by Crippen LogP contribution is -2.27. The van der Waals surface area contributed by atoms with Crippen LogP contribution in [0.3, 0.4) is 0 Å². The van der Waals surface area contributed by atoms with E-state index in [9.17, 15) is 13.2 Å². The van der Waals surface area contributed by atoms with Crippen LogP contribution in [0.25, 0.3) is 0 Å². The fourth-order valence-corrected chi connectivity index (χ4v) is 4.71. The number of likely N-dealkylation sites (tertiary alicyclic amines) is 1. The van der Waals surface area contributed by atoms with E-state index < -0.39 is 10.0 Å². The Labute approximate surface area is 140 Å². The molecule has 1 aromatic carbocycles. The van der Waals surface area contributed by atoms with Gasteiger partial charge in [0, 0.05) is 24.2 Å². The molecule has 1 aliphatic rings. The predicted molar refractivity (Wildman–Crippen MR) is 91.4 cm³/mol. The molecule has 1 saturated heterocycles. The van der Waals surface area contributed by atoms with Crippen LogP contribution in [0.4, 0.5) is 5.69 Å². The highest BCUT2D eigenvalue weighted by molar-refractivity contribution is 7.94. The van der Waals surface area contributed by atoms with Crippen molar-refractivity contribution in [2.24, 2.45) is 0 Å². The number of hydrogen-bond donors (Lipinski definition) is 1. The molecular weight excluding hydrogens is 332 g/mol. The molecule has 2 heterocycles. The van der Waals surface area contributed by atoms with E-state index in [2.05, 4.69) is 4.72 Å². The quantitative estimate of drug-likeness (QED) is 0.921. The van der Waals surface area contributed by atoms with Crippen molar-refractivity contribution >= 4 is 33.0 Å². The summed E-state index contributed by atoms with van der Waals surface area (Å²) in [5.41, 5.74) is 2.01. The molecule has 1 N–H and O–H groups in total. The fraction of sp³-hybridized carbons (Fsp3) is 0.312. The summed E-state index contributed by atoms with van der Waals surface area (Å²) in [5.74, 6) is -0.0875. The zero-order chi connectivity index (χ0) is 16.4. The van der Waals surface area contributed by atoms with Gasteiger partial charge in [0.2, 0.25) is 0 Å². The number of anilines is 1. The first kappa shape index (κ1) is 16.0. The molecule has 122 valence electrons. The van der Waals surface area contributed by atoms with Crippen molar-refractivity contribution in [3.8, 4) is 0 Å². The van der Waals surface area contributed by atoms with Crippen molar-refractivity contribution < 1.29 is 13.2 Å². The van der Waals surface area contributed by atoms with E-state index in [4.69, 9.17) is 0 Å². The van der Waals surface area contributed by atoms with Crippen LogP contribution in [0.2, 0.25) is 0 Å². The van der Waals surface area contributed by atoms with Crippen molar-refractivity contribution in [1.82, 2.24) is 4.90 Å². The molecule has 3 rings (SSSR count). The first-order valence-corrected chi connectivity index (χ1v) is 9.79. The summed E-state index contributed by atoms with van der Waals surface area (Å²) in [4.78, 5) is 14.1. The van der Waals surface area contributed by atoms with Crippen LogP contribution in [0, 0.1) is 6.92 Å². The minimum absolute atomic E-state index is 0.0875. The third-order valence-corrected chi connectivity index (χ3v) is 6.61. The highest BCUT2D eigenvalue weighted by Crippen LogP contribution is 2.25. The van der Waals surface area contributed by atoms with Gasteiger partial charge in [0.15, 0.2) is 0 Å². The van der Waals surface area contributed by atoms with Crippen molar-refractivity contribution in [1.29, 1.82) is 0 Å². The molecule has 0 spiro atoms. The summed E-state index contributed by atoms with van der Waals surface area (Å²) in [5, 5.41) is 1.62. The first-order valence-electron chi connectivity index (χ1n) is 7.43. The minimum atomic E-state index is -3.66. The van der Waals surface area contributed by atoms with Crippen LogP contribution in [0.15, 0.2) is 39.9 Å². The zero-order valence-electron chi connectivity index (χ0n) is 12.8. The topological polar surface area (TPSA) is 66.5 Å². The van der Waals surface area contributed by atoms with Gasteiger partial charge in [-0.25, -0.2) is 8.42 Å². The molecule has 0 saturated carbocycles. The number of hydrogen-bond acceptors (Lipinski definition) is 4. The minimum Gasteiger partial charge on any atom is -0.339 e. The van der Waals surface area contributed by atoms with Crippen LogP contribution in [-0.4, -0.2) is 32.3 Å². The van der Waals surface area contributed by atoms with Crippen LogP contribution in [0.5, 0.6) is 0 Å². The third-order valence-electron chi connectivity index (χ3n) is 3.78. The normalized spacial score (nSPS) is 14.9. The predicted octanol–water partition coefficient (Wildman–Crippen LogP) is 3.09. The monoisotopic (exact) mass is 350 g/mol. The van der Waals surface area contributed by atoms with Crippen molar-refractivity contribution in [3.63, 3.8) is 0 Å². The second kappa shape index (κ2) is 6.33. The van der Waals surface area contributed by atoms with E-state index in [1.54, 1.807) is 22.4 Å². The number of carbonyl (C=O) groups excluding carboxylic acids is 1. The van der Waals surface area contributed by atoms with E-state index >= 15 is 0 Å². The smallest absolute Gasteiger partial charge is 0.271 e. The van der Waals surface area contributed by atoms with Gasteiger partial charge in [-0.15, -0.1) is 11.3 Å². The van der Waals surface area contributed by atoms with Gasteiger partial charge in [-0.1, -0.05) is 17.7 Å². The second-order valence-corrected chi connectivity index (χ2v) is 8.45. The van der Waals surface area contributed by atoms with E-state index in [-0.39, 0.29) is 10.1 Å². The van der Waals surface area contributed by atoms with Gasteiger partial charge in [-0.05, 0) is 38.0 Å². The van der Waals surface area contributed by atoms with Gasteiger partial charge in [0.1, 0.15) is 4.21 Å². The molecule has 0 aliphatic carbocycles. The van der Waals surface area contributed by atoms with Crippen LogP contribution in [-0.2, 0) is 10.0 Å². The van der Waals surface area contributed by atoms with Crippen LogP contribution in [0.1, 0.15) is 28.8 Å². The number of rotatable bonds is 4. The number of aryl methyl sites for hydroxylation is 1. The van der Waals surface area contributed by atoms with E-state index in [0.717, 1.165) is 42.8 Å². The van der Waals surface area contributed by atoms with Gasteiger partial charge in [-0.2, -0.15) is 0 Å². The largest absolute Gasteiger partial charge is 0.339 e. The molecule has 0 bridgehead atoms. The molecule has 2 aromatic rings. The van der Waals surface area contributed by atoms with Crippen molar-refractivity contribution in [2.75, 3.05) is 17.8 Å². The van der Waals surface area contributed by atoms with E-state index in [1.165, 1.54) is 6.07 Å². The summed E-state index contributed by atoms with van der Waals surface area (Å²) in [6.45, 7) is 3.44. The highest BCUT2D eigenvalue weighted by Gasteiger charge is 2.23. The number of sulfonamides is 1. The molecule has 0 unspecified atom stereocenters. The summed E-state index contributed by atoms with van der Waals surface area (Å²) >= 11 is 1.07. The number of amides is 1. The highest BCUT2D eigenvalue weighted by atomic mass is 32.2. The number of thiophene rings is 1. The number of nitrogens with one attached hydrogen (secondary N) is 1. The van der Waals surface area contributed by atoms with Crippen molar-refractivity contribution in [3.05, 3.63) is 46.8 Å². The molecule has 1 amide bonds. The lowest BCUT2D eigenvalue weighted by atomic mass is 10.2. The Kier molecular flexibility index (Phi) is 4.41. The molecule has 0 atom stereocenters. The maximum atomic E-state index is 12.4. The summed E-state index contributed by atoms with van der Waals surface area (Å²) < 4.78 is 27.5. The lowest BCUT2D eigenvalue weighted by Gasteiger charge is -2.13. The van der Waals surface area contributed by atoms with Crippen molar-refractivity contribution in [2.45, 2.75) is 24.0 Å². The van der Waals surface area contributed by atoms with Gasteiger partial charge in [0.25, 0.3) is 15.9 Å². The zero-order valence-corrected chi connectivity index (χ0v) is 14.4. The molecule has 1 aliphatic heterocycles. The maximum Gasteiger partial charge on any atom is 0.271 e. The molecule has 0 radical (unpaired) electrons. The standard InChI is InChI=1S/C16H18N2O3S2/c1-12-4-6-14(7-5-12)17-23(20,21)15-10-13(11-22-15)16(19)18-8-2-3-9-18/h4-7,10-11,17H,2-3,8-9H2,1H3. The summed E-state index contributed by atoms with van der Waals surface area (Å²) in [6.07, 6.45) is 2.02. The van der Waals surface area contributed by atoms with Gasteiger partial charge in [-0.3, -0.25) is 9.52 Å². The molecule has 1 fully saturated rings.